The molecule has 4 rings (SSSR count). The first-order valence-electron chi connectivity index (χ1n) is 9.26. The number of aryl methyl sites for hydroxylation is 1. The largest absolute Gasteiger partial charge is 0.331 e. The minimum atomic E-state index is -0.516. The highest BCUT2D eigenvalue weighted by atomic mass is 19.1. The molecule has 142 valence electrons. The zero-order valence-electron chi connectivity index (χ0n) is 15.2. The van der Waals surface area contributed by atoms with Gasteiger partial charge in [0.05, 0.1) is 12.1 Å². The quantitative estimate of drug-likeness (QED) is 0.656. The molecule has 3 aromatic carbocycles. The van der Waals surface area contributed by atoms with Gasteiger partial charge >= 0.3 is 6.03 Å². The fraction of sp³-hybridized carbons (Fsp3) is 0.174. The Balaban J connectivity index is 1.54. The zero-order chi connectivity index (χ0) is 19.5. The maximum absolute atomic E-state index is 13.3. The predicted molar refractivity (Wildman–Crippen MR) is 104 cm³/mol. The topological polar surface area (TPSA) is 41.1 Å². The van der Waals surface area contributed by atoms with Gasteiger partial charge in [-0.25, -0.2) is 13.6 Å². The summed E-state index contributed by atoms with van der Waals surface area (Å²) in [4.78, 5) is 12.7. The highest BCUT2D eigenvalue weighted by Gasteiger charge is 2.25. The van der Waals surface area contributed by atoms with E-state index in [1.807, 2.05) is 18.2 Å². The van der Waals surface area contributed by atoms with Gasteiger partial charge in [-0.2, -0.15) is 0 Å². The smallest absolute Gasteiger partial charge is 0.316 e. The van der Waals surface area contributed by atoms with Crippen LogP contribution in [0.2, 0.25) is 0 Å². The van der Waals surface area contributed by atoms with Crippen molar-refractivity contribution >= 4 is 6.03 Å². The molecule has 0 aliphatic heterocycles. The molecule has 2 amide bonds. The molecule has 0 fully saturated rings. The summed E-state index contributed by atoms with van der Waals surface area (Å²) in [6, 6.07) is 19.1. The van der Waals surface area contributed by atoms with E-state index in [0.29, 0.717) is 0 Å². The van der Waals surface area contributed by atoms with Gasteiger partial charge in [-0.1, -0.05) is 48.5 Å². The molecular formula is C23H20F2N2O. The first-order chi connectivity index (χ1) is 13.6. The van der Waals surface area contributed by atoms with Gasteiger partial charge in [-0.3, -0.25) is 0 Å². The number of benzene rings is 3. The van der Waals surface area contributed by atoms with Gasteiger partial charge in [0, 0.05) is 0 Å². The van der Waals surface area contributed by atoms with E-state index in [0.717, 1.165) is 29.5 Å². The minimum Gasteiger partial charge on any atom is -0.331 e. The number of carbonyl (C=O) groups excluding carboxylic acids is 1. The van der Waals surface area contributed by atoms with Gasteiger partial charge in [0.2, 0.25) is 0 Å². The van der Waals surface area contributed by atoms with Crippen molar-refractivity contribution < 1.29 is 13.6 Å². The predicted octanol–water partition coefficient (Wildman–Crippen LogP) is 5.04. The summed E-state index contributed by atoms with van der Waals surface area (Å²) < 4.78 is 26.7. The molecule has 0 radical (unpaired) electrons. The first kappa shape index (κ1) is 18.2. The number of amides is 2. The number of hydrogen-bond donors (Lipinski definition) is 2. The monoisotopic (exact) mass is 378 g/mol. The molecule has 3 nitrogen and oxygen atoms in total. The van der Waals surface area contributed by atoms with Gasteiger partial charge < -0.3 is 10.6 Å². The summed E-state index contributed by atoms with van der Waals surface area (Å²) in [5.74, 6) is -0.706. The molecule has 28 heavy (non-hydrogen) atoms. The second-order valence-electron chi connectivity index (χ2n) is 6.94. The van der Waals surface area contributed by atoms with E-state index in [1.165, 1.54) is 29.8 Å². The Morgan fingerprint density at radius 3 is 2.04 bits per heavy atom. The van der Waals surface area contributed by atoms with Crippen LogP contribution in [0, 0.1) is 11.6 Å². The Kier molecular flexibility index (Phi) is 5.06. The molecule has 0 bridgehead atoms. The van der Waals surface area contributed by atoms with Crippen LogP contribution in [0.25, 0.3) is 0 Å². The summed E-state index contributed by atoms with van der Waals surface area (Å²) in [7, 11) is 0. The van der Waals surface area contributed by atoms with Gasteiger partial charge in [-0.15, -0.1) is 0 Å². The van der Waals surface area contributed by atoms with Crippen molar-refractivity contribution in [3.05, 3.63) is 107 Å². The van der Waals surface area contributed by atoms with E-state index in [4.69, 9.17) is 0 Å². The molecule has 3 aromatic rings. The van der Waals surface area contributed by atoms with Crippen molar-refractivity contribution in [1.82, 2.24) is 10.6 Å². The number of hydrogen-bond acceptors (Lipinski definition) is 1. The summed E-state index contributed by atoms with van der Waals surface area (Å²) in [6.45, 7) is 0. The average Bonchev–Trinajstić information content (AvgIpc) is 3.11. The Morgan fingerprint density at radius 2 is 1.43 bits per heavy atom. The van der Waals surface area contributed by atoms with Crippen molar-refractivity contribution in [1.29, 1.82) is 0 Å². The standard InChI is InChI=1S/C23H20F2N2O/c24-18-10-5-16(6-11-18)22(17-7-12-19(25)13-8-17)27-23(28)26-21-14-9-15-3-1-2-4-20(15)21/h1-8,10-13,21-22H,9,14H2,(H2,26,27,28). The van der Waals surface area contributed by atoms with E-state index in [9.17, 15) is 13.6 Å². The fourth-order valence-electron chi connectivity index (χ4n) is 3.71. The number of carbonyl (C=O) groups is 1. The van der Waals surface area contributed by atoms with Crippen molar-refractivity contribution in [2.24, 2.45) is 0 Å². The highest BCUT2D eigenvalue weighted by Crippen LogP contribution is 2.31. The zero-order valence-corrected chi connectivity index (χ0v) is 15.2. The van der Waals surface area contributed by atoms with Crippen LogP contribution in [-0.4, -0.2) is 6.03 Å². The van der Waals surface area contributed by atoms with Crippen LogP contribution >= 0.6 is 0 Å². The molecule has 1 unspecified atom stereocenters. The maximum atomic E-state index is 13.3. The Labute approximate surface area is 162 Å². The van der Waals surface area contributed by atoms with Crippen molar-refractivity contribution in [3.8, 4) is 0 Å². The molecule has 0 saturated heterocycles. The first-order valence-corrected chi connectivity index (χ1v) is 9.26. The molecule has 0 aromatic heterocycles. The number of nitrogens with one attached hydrogen (secondary N) is 2. The molecular weight excluding hydrogens is 358 g/mol. The van der Waals surface area contributed by atoms with Crippen LogP contribution in [0.1, 0.15) is 40.8 Å². The van der Waals surface area contributed by atoms with Crippen LogP contribution in [0.3, 0.4) is 0 Å². The summed E-state index contributed by atoms with van der Waals surface area (Å²) in [5, 5.41) is 5.98. The molecule has 1 aliphatic carbocycles. The molecule has 1 atom stereocenters. The number of rotatable bonds is 4. The third-order valence-electron chi connectivity index (χ3n) is 5.12. The Hall–Kier alpha value is -3.21. The van der Waals surface area contributed by atoms with Crippen molar-refractivity contribution in [2.45, 2.75) is 24.9 Å². The number of fused-ring (bicyclic) bond motifs is 1. The maximum Gasteiger partial charge on any atom is 0.316 e. The third kappa shape index (κ3) is 3.88. The van der Waals surface area contributed by atoms with Gasteiger partial charge in [0.15, 0.2) is 0 Å². The van der Waals surface area contributed by atoms with Crippen molar-refractivity contribution in [2.75, 3.05) is 0 Å². The lowest BCUT2D eigenvalue weighted by atomic mass is 9.98. The number of urea groups is 1. The minimum absolute atomic E-state index is 0.0433. The molecule has 0 heterocycles. The number of halogens is 2. The van der Waals surface area contributed by atoms with Crippen LogP contribution < -0.4 is 10.6 Å². The second kappa shape index (κ2) is 7.80. The van der Waals surface area contributed by atoms with Gasteiger partial charge in [0.25, 0.3) is 0 Å². The van der Waals surface area contributed by atoms with Crippen molar-refractivity contribution in [3.63, 3.8) is 0 Å². The van der Waals surface area contributed by atoms with E-state index < -0.39 is 6.04 Å². The van der Waals surface area contributed by atoms with Crippen LogP contribution in [-0.2, 0) is 6.42 Å². The van der Waals surface area contributed by atoms with E-state index in [1.54, 1.807) is 24.3 Å². The van der Waals surface area contributed by atoms with Gasteiger partial charge in [0.1, 0.15) is 11.6 Å². The third-order valence-corrected chi connectivity index (χ3v) is 5.12. The Bertz CT molecular complexity index is 925. The Morgan fingerprint density at radius 1 is 0.857 bits per heavy atom. The molecule has 0 saturated carbocycles. The normalized spacial score (nSPS) is 15.3. The van der Waals surface area contributed by atoms with Crippen LogP contribution in [0.4, 0.5) is 13.6 Å². The molecule has 1 aliphatic rings. The van der Waals surface area contributed by atoms with E-state index in [2.05, 4.69) is 16.7 Å². The average molecular weight is 378 g/mol. The lowest BCUT2D eigenvalue weighted by Gasteiger charge is -2.22. The summed E-state index contributed by atoms with van der Waals surface area (Å²) in [5.41, 5.74) is 3.82. The van der Waals surface area contributed by atoms with Crippen LogP contribution in [0.15, 0.2) is 72.8 Å². The molecule has 5 heteroatoms. The lowest BCUT2D eigenvalue weighted by Crippen LogP contribution is -2.39. The summed E-state index contributed by atoms with van der Waals surface area (Å²) in [6.07, 6.45) is 1.78. The SMILES string of the molecule is O=C(NC1CCc2ccccc21)NC(c1ccc(F)cc1)c1ccc(F)cc1. The lowest BCUT2D eigenvalue weighted by molar-refractivity contribution is 0.235. The second-order valence-corrected chi connectivity index (χ2v) is 6.94. The fourth-order valence-corrected chi connectivity index (χ4v) is 3.71. The van der Waals surface area contributed by atoms with Gasteiger partial charge in [-0.05, 0) is 59.4 Å². The van der Waals surface area contributed by atoms with E-state index >= 15 is 0 Å². The van der Waals surface area contributed by atoms with E-state index in [-0.39, 0.29) is 23.7 Å². The van der Waals surface area contributed by atoms with Crippen LogP contribution in [0.5, 0.6) is 0 Å². The molecule has 0 spiro atoms. The summed E-state index contributed by atoms with van der Waals surface area (Å²) >= 11 is 0. The highest BCUT2D eigenvalue weighted by molar-refractivity contribution is 5.76. The molecule has 2 N–H and O–H groups in total.